The van der Waals surface area contributed by atoms with Crippen molar-refractivity contribution in [1.29, 1.82) is 0 Å². The lowest BCUT2D eigenvalue weighted by Gasteiger charge is -2.47. The van der Waals surface area contributed by atoms with Crippen LogP contribution in [0.1, 0.15) is 67.7 Å². The van der Waals surface area contributed by atoms with Crippen molar-refractivity contribution in [2.75, 3.05) is 0 Å². The van der Waals surface area contributed by atoms with Crippen molar-refractivity contribution in [3.8, 4) is 0 Å². The molecule has 0 aromatic rings. The Balaban J connectivity index is 2.87. The van der Waals surface area contributed by atoms with Crippen LogP contribution in [0, 0.1) is 23.2 Å². The normalized spacial score (nSPS) is 35.3. The second-order valence-corrected chi connectivity index (χ2v) is 7.37. The van der Waals surface area contributed by atoms with E-state index in [2.05, 4.69) is 48.5 Å². The predicted octanol–water partition coefficient (Wildman–Crippen LogP) is 4.90. The van der Waals surface area contributed by atoms with E-state index in [1.807, 2.05) is 0 Å². The van der Waals surface area contributed by atoms with Crippen LogP contribution in [0.3, 0.4) is 0 Å². The Hall–Kier alpha value is -0.0400. The number of hydrogen-bond donors (Lipinski definition) is 0. The number of ether oxygens (including phenoxy) is 1. The minimum atomic E-state index is 0.354. The minimum Gasteiger partial charge on any atom is -0.375 e. The molecule has 1 aliphatic carbocycles. The van der Waals surface area contributed by atoms with Crippen LogP contribution < -0.4 is 0 Å². The lowest BCUT2D eigenvalue weighted by Crippen LogP contribution is -2.45. The Morgan fingerprint density at radius 3 is 2.18 bits per heavy atom. The molecule has 4 unspecified atom stereocenters. The van der Waals surface area contributed by atoms with Gasteiger partial charge in [0.05, 0.1) is 12.2 Å². The maximum absolute atomic E-state index is 6.28. The highest BCUT2D eigenvalue weighted by Gasteiger charge is 2.42. The average Bonchev–Trinajstić information content (AvgIpc) is 2.17. The second kappa shape index (κ2) is 5.73. The molecule has 1 heteroatoms. The van der Waals surface area contributed by atoms with Crippen LogP contribution >= 0.6 is 0 Å². The average molecular weight is 240 g/mol. The van der Waals surface area contributed by atoms with Gasteiger partial charge in [-0.1, -0.05) is 41.0 Å². The standard InChI is InChI=1S/C16H32O/c1-8-13-9-12(4)10-14(16(5,6)7)15(13)17-11(2)3/h11-15H,8-10H2,1-7H3. The number of rotatable bonds is 3. The molecule has 1 nitrogen and oxygen atoms in total. The van der Waals surface area contributed by atoms with E-state index in [-0.39, 0.29) is 0 Å². The van der Waals surface area contributed by atoms with Crippen LogP contribution in [0.5, 0.6) is 0 Å². The van der Waals surface area contributed by atoms with Gasteiger partial charge in [0.25, 0.3) is 0 Å². The molecule has 0 amide bonds. The topological polar surface area (TPSA) is 9.23 Å². The zero-order valence-electron chi connectivity index (χ0n) is 12.9. The van der Waals surface area contributed by atoms with Crippen molar-refractivity contribution >= 4 is 0 Å². The van der Waals surface area contributed by atoms with E-state index in [0.717, 1.165) is 11.8 Å². The van der Waals surface area contributed by atoms with Gasteiger partial charge >= 0.3 is 0 Å². The molecule has 0 aromatic carbocycles. The van der Waals surface area contributed by atoms with Crippen LogP contribution in [-0.2, 0) is 4.74 Å². The van der Waals surface area contributed by atoms with E-state index in [9.17, 15) is 0 Å². The molecular formula is C16H32O. The Morgan fingerprint density at radius 1 is 1.18 bits per heavy atom. The zero-order valence-corrected chi connectivity index (χ0v) is 12.9. The quantitative estimate of drug-likeness (QED) is 0.682. The Labute approximate surface area is 108 Å². The van der Waals surface area contributed by atoms with Crippen LogP contribution in [0.25, 0.3) is 0 Å². The first-order valence-electron chi connectivity index (χ1n) is 7.41. The molecule has 1 aliphatic rings. The summed E-state index contributed by atoms with van der Waals surface area (Å²) in [5, 5.41) is 0. The molecule has 0 radical (unpaired) electrons. The maximum Gasteiger partial charge on any atom is 0.0639 e. The molecule has 1 fully saturated rings. The minimum absolute atomic E-state index is 0.354. The zero-order chi connectivity index (χ0) is 13.2. The van der Waals surface area contributed by atoms with E-state index < -0.39 is 0 Å². The summed E-state index contributed by atoms with van der Waals surface area (Å²) in [6.07, 6.45) is 4.76. The lowest BCUT2D eigenvalue weighted by atomic mass is 9.63. The Bertz CT molecular complexity index is 226. The van der Waals surface area contributed by atoms with Gasteiger partial charge in [-0.05, 0) is 49.9 Å². The van der Waals surface area contributed by atoms with Crippen molar-refractivity contribution in [1.82, 2.24) is 0 Å². The smallest absolute Gasteiger partial charge is 0.0639 e. The molecule has 1 saturated carbocycles. The van der Waals surface area contributed by atoms with Crippen molar-refractivity contribution < 1.29 is 4.74 Å². The highest BCUT2D eigenvalue weighted by atomic mass is 16.5. The predicted molar refractivity (Wildman–Crippen MR) is 75.1 cm³/mol. The van der Waals surface area contributed by atoms with Gasteiger partial charge in [0.1, 0.15) is 0 Å². The molecule has 17 heavy (non-hydrogen) atoms. The van der Waals surface area contributed by atoms with Gasteiger partial charge < -0.3 is 4.74 Å². The van der Waals surface area contributed by atoms with Crippen LogP contribution in [-0.4, -0.2) is 12.2 Å². The molecule has 0 spiro atoms. The van der Waals surface area contributed by atoms with Gasteiger partial charge in [0.15, 0.2) is 0 Å². The van der Waals surface area contributed by atoms with Gasteiger partial charge in [-0.3, -0.25) is 0 Å². The molecule has 4 atom stereocenters. The molecule has 0 aromatic heterocycles. The largest absolute Gasteiger partial charge is 0.375 e. The summed E-state index contributed by atoms with van der Waals surface area (Å²) in [4.78, 5) is 0. The van der Waals surface area contributed by atoms with Gasteiger partial charge in [0.2, 0.25) is 0 Å². The van der Waals surface area contributed by atoms with Gasteiger partial charge in [-0.2, -0.15) is 0 Å². The Kier molecular flexibility index (Phi) is 5.07. The van der Waals surface area contributed by atoms with Gasteiger partial charge in [-0.25, -0.2) is 0 Å². The number of hydrogen-bond acceptors (Lipinski definition) is 1. The summed E-state index contributed by atoms with van der Waals surface area (Å²) >= 11 is 0. The third-order valence-electron chi connectivity index (χ3n) is 4.29. The van der Waals surface area contributed by atoms with Crippen molar-refractivity contribution in [2.24, 2.45) is 23.2 Å². The Morgan fingerprint density at radius 2 is 1.76 bits per heavy atom. The summed E-state index contributed by atoms with van der Waals surface area (Å²) in [6.45, 7) is 16.2. The molecule has 1 rings (SSSR count). The van der Waals surface area contributed by atoms with Crippen molar-refractivity contribution in [3.63, 3.8) is 0 Å². The first-order valence-corrected chi connectivity index (χ1v) is 7.41. The van der Waals surface area contributed by atoms with Crippen molar-refractivity contribution in [2.45, 2.75) is 79.9 Å². The molecule has 0 aliphatic heterocycles. The summed E-state index contributed by atoms with van der Waals surface area (Å²) in [6, 6.07) is 0. The monoisotopic (exact) mass is 240 g/mol. The van der Waals surface area contributed by atoms with Crippen LogP contribution in [0.2, 0.25) is 0 Å². The maximum atomic E-state index is 6.28. The summed E-state index contributed by atoms with van der Waals surface area (Å²) < 4.78 is 6.28. The van der Waals surface area contributed by atoms with Crippen LogP contribution in [0.15, 0.2) is 0 Å². The van der Waals surface area contributed by atoms with E-state index in [0.29, 0.717) is 23.5 Å². The molecule has 0 heterocycles. The van der Waals surface area contributed by atoms with E-state index in [1.54, 1.807) is 0 Å². The molecule has 102 valence electrons. The van der Waals surface area contributed by atoms with Crippen molar-refractivity contribution in [3.05, 3.63) is 0 Å². The van der Waals surface area contributed by atoms with E-state index >= 15 is 0 Å². The van der Waals surface area contributed by atoms with Gasteiger partial charge in [0, 0.05) is 0 Å². The fourth-order valence-corrected chi connectivity index (χ4v) is 3.41. The molecular weight excluding hydrogens is 208 g/mol. The third kappa shape index (κ3) is 3.98. The summed E-state index contributed by atoms with van der Waals surface area (Å²) in [5.74, 6) is 2.32. The SMILES string of the molecule is CCC1CC(C)CC(C(C)(C)C)C1OC(C)C. The van der Waals surface area contributed by atoms with E-state index in [1.165, 1.54) is 19.3 Å². The first-order chi connectivity index (χ1) is 7.75. The second-order valence-electron chi connectivity index (χ2n) is 7.37. The fraction of sp³-hybridized carbons (Fsp3) is 1.00. The molecule has 0 bridgehead atoms. The molecule has 0 saturated heterocycles. The van der Waals surface area contributed by atoms with Gasteiger partial charge in [-0.15, -0.1) is 0 Å². The lowest BCUT2D eigenvalue weighted by molar-refractivity contribution is -0.115. The fourth-order valence-electron chi connectivity index (χ4n) is 3.41. The highest BCUT2D eigenvalue weighted by Crippen LogP contribution is 2.45. The summed E-state index contributed by atoms with van der Waals surface area (Å²) in [5.41, 5.74) is 0.363. The highest BCUT2D eigenvalue weighted by molar-refractivity contribution is 4.91. The third-order valence-corrected chi connectivity index (χ3v) is 4.29. The summed E-state index contributed by atoms with van der Waals surface area (Å²) in [7, 11) is 0. The first kappa shape index (κ1) is 15.0. The van der Waals surface area contributed by atoms with E-state index in [4.69, 9.17) is 4.74 Å². The molecule has 0 N–H and O–H groups in total. The van der Waals surface area contributed by atoms with Crippen LogP contribution in [0.4, 0.5) is 0 Å².